The van der Waals surface area contributed by atoms with Gasteiger partial charge in [0.05, 0.1) is 5.56 Å². The third kappa shape index (κ3) is 3.89. The minimum atomic E-state index is -0.585. The summed E-state index contributed by atoms with van der Waals surface area (Å²) in [6.07, 6.45) is 0. The van der Waals surface area contributed by atoms with Crippen LogP contribution in [0.3, 0.4) is 0 Å². The van der Waals surface area contributed by atoms with Crippen LogP contribution in [-0.4, -0.2) is 23.7 Å². The van der Waals surface area contributed by atoms with Gasteiger partial charge >= 0.3 is 0 Å². The summed E-state index contributed by atoms with van der Waals surface area (Å²) in [4.78, 5) is 11.7. The molecule has 2 N–H and O–H groups in total. The number of hydrogen-bond acceptors (Lipinski definition) is 2. The van der Waals surface area contributed by atoms with Crippen molar-refractivity contribution in [2.24, 2.45) is 0 Å². The number of rotatable bonds is 2. The lowest BCUT2D eigenvalue weighted by atomic mass is 10.1. The Morgan fingerprint density at radius 2 is 2.24 bits per heavy atom. The molecule has 3 nitrogen and oxygen atoms in total. The fraction of sp³-hybridized carbons (Fsp3) is 0.308. The van der Waals surface area contributed by atoms with Gasteiger partial charge in [-0.3, -0.25) is 4.79 Å². The van der Waals surface area contributed by atoms with Crippen LogP contribution in [0.5, 0.6) is 0 Å². The van der Waals surface area contributed by atoms with Crippen LogP contribution in [0.2, 0.25) is 0 Å². The number of amides is 1. The van der Waals surface area contributed by atoms with Crippen LogP contribution < -0.4 is 5.32 Å². The molecule has 0 spiro atoms. The zero-order chi connectivity index (χ0) is 12.8. The van der Waals surface area contributed by atoms with E-state index < -0.39 is 11.7 Å². The van der Waals surface area contributed by atoms with Crippen LogP contribution in [0.4, 0.5) is 4.39 Å². The molecule has 1 aromatic carbocycles. The van der Waals surface area contributed by atoms with Crippen LogP contribution in [0.1, 0.15) is 29.8 Å². The summed E-state index contributed by atoms with van der Waals surface area (Å²) in [5.41, 5.74) is 0.456. The van der Waals surface area contributed by atoms with Crippen LogP contribution in [0, 0.1) is 17.7 Å². The van der Waals surface area contributed by atoms with E-state index in [0.717, 1.165) is 0 Å². The molecule has 0 fully saturated rings. The van der Waals surface area contributed by atoms with E-state index in [1.54, 1.807) is 13.8 Å². The summed E-state index contributed by atoms with van der Waals surface area (Å²) >= 11 is 0. The molecule has 0 unspecified atom stereocenters. The fourth-order valence-electron chi connectivity index (χ4n) is 1.26. The van der Waals surface area contributed by atoms with Gasteiger partial charge < -0.3 is 10.4 Å². The van der Waals surface area contributed by atoms with E-state index in [4.69, 9.17) is 5.11 Å². The van der Waals surface area contributed by atoms with Crippen molar-refractivity contribution < 1.29 is 14.3 Å². The van der Waals surface area contributed by atoms with Gasteiger partial charge in [0.2, 0.25) is 0 Å². The Kier molecular flexibility index (Phi) is 4.68. The second kappa shape index (κ2) is 6.02. The van der Waals surface area contributed by atoms with E-state index in [-0.39, 0.29) is 18.2 Å². The van der Waals surface area contributed by atoms with Crippen molar-refractivity contribution >= 4 is 5.91 Å². The molecule has 1 aromatic rings. The Morgan fingerprint density at radius 3 is 2.82 bits per heavy atom. The Hall–Kier alpha value is -1.86. The highest BCUT2D eigenvalue weighted by Crippen LogP contribution is 2.10. The zero-order valence-electron chi connectivity index (χ0n) is 9.75. The summed E-state index contributed by atoms with van der Waals surface area (Å²) < 4.78 is 13.4. The van der Waals surface area contributed by atoms with Crippen LogP contribution >= 0.6 is 0 Å². The van der Waals surface area contributed by atoms with Gasteiger partial charge in [0.25, 0.3) is 5.91 Å². The lowest BCUT2D eigenvalue weighted by Crippen LogP contribution is -2.30. The first-order valence-corrected chi connectivity index (χ1v) is 5.24. The molecule has 0 saturated heterocycles. The average molecular weight is 235 g/mol. The smallest absolute Gasteiger partial charge is 0.254 e. The second-order valence-electron chi connectivity index (χ2n) is 3.78. The Balaban J connectivity index is 3.02. The van der Waals surface area contributed by atoms with Gasteiger partial charge in [0.1, 0.15) is 12.4 Å². The predicted molar refractivity (Wildman–Crippen MR) is 63.0 cm³/mol. The van der Waals surface area contributed by atoms with Gasteiger partial charge in [-0.15, -0.1) is 0 Å². The summed E-state index contributed by atoms with van der Waals surface area (Å²) in [6, 6.07) is 3.96. The van der Waals surface area contributed by atoms with Crippen molar-refractivity contribution in [1.29, 1.82) is 0 Å². The molecule has 1 amide bonds. The number of hydrogen-bond donors (Lipinski definition) is 2. The zero-order valence-corrected chi connectivity index (χ0v) is 9.75. The molecule has 0 saturated carbocycles. The third-order valence-corrected chi connectivity index (χ3v) is 1.94. The quantitative estimate of drug-likeness (QED) is 0.759. The minimum Gasteiger partial charge on any atom is -0.384 e. The van der Waals surface area contributed by atoms with E-state index in [1.165, 1.54) is 18.2 Å². The highest BCUT2D eigenvalue weighted by atomic mass is 19.1. The number of carbonyl (C=O) groups excluding carboxylic acids is 1. The van der Waals surface area contributed by atoms with Gasteiger partial charge in [0.15, 0.2) is 0 Å². The molecule has 0 heterocycles. The van der Waals surface area contributed by atoms with Gasteiger partial charge in [-0.05, 0) is 32.0 Å². The van der Waals surface area contributed by atoms with E-state index in [0.29, 0.717) is 5.56 Å². The first kappa shape index (κ1) is 13.2. The largest absolute Gasteiger partial charge is 0.384 e. The topological polar surface area (TPSA) is 49.3 Å². The molecular formula is C13H14FNO2. The van der Waals surface area contributed by atoms with Gasteiger partial charge in [-0.1, -0.05) is 11.8 Å². The number of halogens is 1. The van der Waals surface area contributed by atoms with Crippen LogP contribution in [0.25, 0.3) is 0 Å². The minimum absolute atomic E-state index is 0.0385. The normalized spacial score (nSPS) is 9.71. The van der Waals surface area contributed by atoms with Crippen molar-refractivity contribution in [2.45, 2.75) is 19.9 Å². The Labute approximate surface area is 99.7 Å². The molecule has 4 heteroatoms. The van der Waals surface area contributed by atoms with Crippen molar-refractivity contribution in [3.8, 4) is 11.8 Å². The molecular weight excluding hydrogens is 221 g/mol. The molecule has 90 valence electrons. The second-order valence-corrected chi connectivity index (χ2v) is 3.78. The fourth-order valence-corrected chi connectivity index (χ4v) is 1.26. The molecule has 0 aromatic heterocycles. The Bertz CT molecular complexity index is 472. The van der Waals surface area contributed by atoms with Crippen molar-refractivity contribution in [1.82, 2.24) is 5.32 Å². The third-order valence-electron chi connectivity index (χ3n) is 1.94. The number of benzene rings is 1. The van der Waals surface area contributed by atoms with Crippen molar-refractivity contribution in [3.63, 3.8) is 0 Å². The van der Waals surface area contributed by atoms with Gasteiger partial charge in [-0.25, -0.2) is 4.39 Å². The van der Waals surface area contributed by atoms with E-state index in [2.05, 4.69) is 17.2 Å². The molecule has 0 radical (unpaired) electrons. The van der Waals surface area contributed by atoms with Crippen molar-refractivity contribution in [3.05, 3.63) is 35.1 Å². The monoisotopic (exact) mass is 235 g/mol. The number of aliphatic hydroxyl groups excluding tert-OH is 1. The van der Waals surface area contributed by atoms with Gasteiger partial charge in [-0.2, -0.15) is 0 Å². The summed E-state index contributed by atoms with van der Waals surface area (Å²) in [6.45, 7) is 3.32. The standard InChI is InChI=1S/C13H14FNO2/c1-9(2)15-13(17)11-8-10(4-3-7-16)5-6-12(11)14/h5-6,8-9,16H,7H2,1-2H3,(H,15,17). The average Bonchev–Trinajstić information content (AvgIpc) is 2.27. The first-order valence-electron chi connectivity index (χ1n) is 5.24. The summed E-state index contributed by atoms with van der Waals surface area (Å²) in [5, 5.41) is 11.2. The summed E-state index contributed by atoms with van der Waals surface area (Å²) in [7, 11) is 0. The van der Waals surface area contributed by atoms with Crippen LogP contribution in [0.15, 0.2) is 18.2 Å². The molecule has 0 bridgehead atoms. The lowest BCUT2D eigenvalue weighted by molar-refractivity contribution is 0.0939. The van der Waals surface area contributed by atoms with Gasteiger partial charge in [0, 0.05) is 11.6 Å². The highest BCUT2D eigenvalue weighted by Gasteiger charge is 2.12. The molecule has 17 heavy (non-hydrogen) atoms. The molecule has 0 aliphatic heterocycles. The predicted octanol–water partition coefficient (Wildman–Crippen LogP) is 1.31. The molecule has 0 atom stereocenters. The number of carbonyl (C=O) groups is 1. The molecule has 0 aliphatic rings. The number of nitrogens with one attached hydrogen (secondary N) is 1. The van der Waals surface area contributed by atoms with E-state index in [1.807, 2.05) is 0 Å². The Morgan fingerprint density at radius 1 is 1.53 bits per heavy atom. The first-order chi connectivity index (χ1) is 8.04. The maximum Gasteiger partial charge on any atom is 0.254 e. The van der Waals surface area contributed by atoms with E-state index in [9.17, 15) is 9.18 Å². The highest BCUT2D eigenvalue weighted by molar-refractivity contribution is 5.95. The SMILES string of the molecule is CC(C)NC(=O)c1cc(C#CCO)ccc1F. The number of aliphatic hydroxyl groups is 1. The maximum absolute atomic E-state index is 13.4. The van der Waals surface area contributed by atoms with Crippen LogP contribution in [-0.2, 0) is 0 Å². The lowest BCUT2D eigenvalue weighted by Gasteiger charge is -2.09. The molecule has 0 aliphatic carbocycles. The van der Waals surface area contributed by atoms with E-state index >= 15 is 0 Å². The molecule has 1 rings (SSSR count). The summed E-state index contributed by atoms with van der Waals surface area (Å²) in [5.74, 6) is 4.01. The maximum atomic E-state index is 13.4. The van der Waals surface area contributed by atoms with Crippen molar-refractivity contribution in [2.75, 3.05) is 6.61 Å².